The molecule has 1 aliphatic heterocycles. The molecule has 0 spiro atoms. The largest absolute Gasteiger partial charge is 0.477 e. The molecule has 66 valence electrons. The highest BCUT2D eigenvalue weighted by Gasteiger charge is 2.30. The van der Waals surface area contributed by atoms with Gasteiger partial charge in [0.25, 0.3) is 0 Å². The van der Waals surface area contributed by atoms with Crippen molar-refractivity contribution in [1.82, 2.24) is 0 Å². The van der Waals surface area contributed by atoms with Crippen LogP contribution in [0, 0.1) is 11.3 Å². The van der Waals surface area contributed by atoms with Crippen molar-refractivity contribution in [3.63, 3.8) is 0 Å². The average molecular weight is 303 g/mol. The number of nitrogens with zero attached hydrogens (tertiary/aromatic N) is 1. The summed E-state index contributed by atoms with van der Waals surface area (Å²) in [5, 5.41) is 8.66. The average Bonchev–Trinajstić information content (AvgIpc) is 2.43. The summed E-state index contributed by atoms with van der Waals surface area (Å²) in [5.74, 6) is 0.836. The van der Waals surface area contributed by atoms with E-state index in [2.05, 4.69) is 37.9 Å². The fraction of sp³-hybridized carbons (Fsp3) is 0.222. The summed E-state index contributed by atoms with van der Waals surface area (Å²) >= 11 is 6.86. The van der Waals surface area contributed by atoms with Crippen LogP contribution in [0.5, 0.6) is 5.75 Å². The van der Waals surface area contributed by atoms with Crippen LogP contribution in [0.1, 0.15) is 16.0 Å². The third-order valence-corrected chi connectivity index (χ3v) is 4.30. The third kappa shape index (κ3) is 1.47. The number of halogens is 2. The molecule has 4 heteroatoms. The molecular weight excluding hydrogens is 298 g/mol. The van der Waals surface area contributed by atoms with E-state index < -0.39 is 0 Å². The summed E-state index contributed by atoms with van der Waals surface area (Å²) in [6, 6.07) is 7.52. The first-order valence-electron chi connectivity index (χ1n) is 3.71. The number of alkyl halides is 2. The van der Waals surface area contributed by atoms with Crippen molar-refractivity contribution in [2.45, 2.75) is 9.84 Å². The van der Waals surface area contributed by atoms with E-state index in [4.69, 9.17) is 10.00 Å². The number of nitriles is 1. The molecule has 1 heterocycles. The van der Waals surface area contributed by atoms with Gasteiger partial charge in [0, 0.05) is 5.56 Å². The quantitative estimate of drug-likeness (QED) is 0.690. The summed E-state index contributed by atoms with van der Waals surface area (Å²) in [6.45, 7) is 0. The SMILES string of the molecule is N#Cc1ccc2c(c1)C(Br)C(Br)O2. The van der Waals surface area contributed by atoms with E-state index in [0.717, 1.165) is 11.3 Å². The minimum absolute atomic E-state index is 0.0450. The highest BCUT2D eigenvalue weighted by molar-refractivity contribution is 9.12. The Labute approximate surface area is 92.8 Å². The number of fused-ring (bicyclic) bond motifs is 1. The smallest absolute Gasteiger partial charge is 0.169 e. The minimum atomic E-state index is -0.0450. The molecule has 2 unspecified atom stereocenters. The molecule has 0 aliphatic carbocycles. The van der Waals surface area contributed by atoms with Crippen molar-refractivity contribution in [3.8, 4) is 11.8 Å². The Hall–Kier alpha value is -0.530. The number of benzene rings is 1. The van der Waals surface area contributed by atoms with Gasteiger partial charge < -0.3 is 4.74 Å². The van der Waals surface area contributed by atoms with Crippen LogP contribution in [-0.4, -0.2) is 5.01 Å². The third-order valence-electron chi connectivity index (χ3n) is 1.91. The van der Waals surface area contributed by atoms with Crippen LogP contribution in [0.25, 0.3) is 0 Å². The zero-order valence-corrected chi connectivity index (χ0v) is 9.67. The van der Waals surface area contributed by atoms with Crippen molar-refractivity contribution in [2.24, 2.45) is 0 Å². The fourth-order valence-corrected chi connectivity index (χ4v) is 2.21. The predicted molar refractivity (Wildman–Crippen MR) is 56.2 cm³/mol. The molecule has 2 nitrogen and oxygen atoms in total. The van der Waals surface area contributed by atoms with Crippen molar-refractivity contribution in [2.75, 3.05) is 0 Å². The van der Waals surface area contributed by atoms with Gasteiger partial charge in [0.05, 0.1) is 16.5 Å². The topological polar surface area (TPSA) is 33.0 Å². The molecule has 2 atom stereocenters. The molecule has 1 aliphatic rings. The van der Waals surface area contributed by atoms with E-state index in [0.29, 0.717) is 5.56 Å². The second kappa shape index (κ2) is 3.32. The molecule has 0 N–H and O–H groups in total. The van der Waals surface area contributed by atoms with Gasteiger partial charge in [-0.3, -0.25) is 0 Å². The minimum Gasteiger partial charge on any atom is -0.477 e. The van der Waals surface area contributed by atoms with Gasteiger partial charge in [0.15, 0.2) is 5.01 Å². The van der Waals surface area contributed by atoms with E-state index in [1.165, 1.54) is 0 Å². The van der Waals surface area contributed by atoms with Crippen LogP contribution in [-0.2, 0) is 0 Å². The van der Waals surface area contributed by atoms with Crippen LogP contribution in [0.2, 0.25) is 0 Å². The lowest BCUT2D eigenvalue weighted by Crippen LogP contribution is -2.03. The normalized spacial score (nSPS) is 24.7. The molecule has 0 aromatic heterocycles. The molecule has 1 aromatic rings. The Balaban J connectivity index is 2.49. The molecule has 0 radical (unpaired) electrons. The lowest BCUT2D eigenvalue weighted by molar-refractivity contribution is 0.328. The van der Waals surface area contributed by atoms with Crippen molar-refractivity contribution < 1.29 is 4.74 Å². The molecular formula is C9H5Br2NO. The molecule has 13 heavy (non-hydrogen) atoms. The van der Waals surface area contributed by atoms with Crippen molar-refractivity contribution in [3.05, 3.63) is 29.3 Å². The summed E-state index contributed by atoms with van der Waals surface area (Å²) in [6.07, 6.45) is 0. The van der Waals surface area contributed by atoms with Gasteiger partial charge in [0.1, 0.15) is 5.75 Å². The molecule has 2 rings (SSSR count). The molecule has 1 aromatic carbocycles. The molecule has 0 saturated carbocycles. The van der Waals surface area contributed by atoms with E-state index in [1.807, 2.05) is 12.1 Å². The number of hydrogen-bond acceptors (Lipinski definition) is 2. The summed E-state index contributed by atoms with van der Waals surface area (Å²) in [7, 11) is 0. The Morgan fingerprint density at radius 2 is 2.15 bits per heavy atom. The first kappa shape index (κ1) is 9.04. The zero-order valence-electron chi connectivity index (χ0n) is 6.50. The number of ether oxygens (including phenoxy) is 1. The van der Waals surface area contributed by atoms with Crippen LogP contribution < -0.4 is 4.74 Å². The van der Waals surface area contributed by atoms with Gasteiger partial charge >= 0.3 is 0 Å². The Morgan fingerprint density at radius 3 is 2.85 bits per heavy atom. The maximum absolute atomic E-state index is 8.70. The van der Waals surface area contributed by atoms with Gasteiger partial charge in [-0.05, 0) is 34.1 Å². The lowest BCUT2D eigenvalue weighted by atomic mass is 10.1. The molecule has 0 saturated heterocycles. The standard InChI is InChI=1S/C9H5Br2NO/c10-8-6-3-5(4-12)1-2-7(6)13-9(8)11/h1-3,8-9H. The second-order valence-electron chi connectivity index (χ2n) is 2.74. The number of hydrogen-bond donors (Lipinski definition) is 0. The van der Waals surface area contributed by atoms with Crippen LogP contribution >= 0.6 is 31.9 Å². The maximum atomic E-state index is 8.70. The van der Waals surface area contributed by atoms with Gasteiger partial charge in [0.2, 0.25) is 0 Å². The first-order chi connectivity index (χ1) is 6.22. The maximum Gasteiger partial charge on any atom is 0.169 e. The monoisotopic (exact) mass is 301 g/mol. The van der Waals surface area contributed by atoms with E-state index in [9.17, 15) is 0 Å². The fourth-order valence-electron chi connectivity index (χ4n) is 1.26. The van der Waals surface area contributed by atoms with E-state index >= 15 is 0 Å². The molecule has 0 fully saturated rings. The predicted octanol–water partition coefficient (Wildman–Crippen LogP) is 3.11. The lowest BCUT2D eigenvalue weighted by Gasteiger charge is -2.03. The van der Waals surface area contributed by atoms with E-state index in [1.54, 1.807) is 6.07 Å². The Morgan fingerprint density at radius 1 is 1.38 bits per heavy atom. The highest BCUT2D eigenvalue weighted by Crippen LogP contribution is 2.44. The van der Waals surface area contributed by atoms with Crippen molar-refractivity contribution in [1.29, 1.82) is 5.26 Å². The molecule has 0 bridgehead atoms. The van der Waals surface area contributed by atoms with Gasteiger partial charge in [-0.2, -0.15) is 5.26 Å². The number of rotatable bonds is 0. The highest BCUT2D eigenvalue weighted by atomic mass is 79.9. The van der Waals surface area contributed by atoms with Gasteiger partial charge in [-0.25, -0.2) is 0 Å². The van der Waals surface area contributed by atoms with Crippen molar-refractivity contribution >= 4 is 31.9 Å². The Kier molecular flexibility index (Phi) is 2.31. The Bertz CT molecular complexity index is 386. The first-order valence-corrected chi connectivity index (χ1v) is 5.54. The summed E-state index contributed by atoms with van der Waals surface area (Å²) in [5.41, 5.74) is 1.69. The van der Waals surface area contributed by atoms with Crippen LogP contribution in [0.15, 0.2) is 18.2 Å². The van der Waals surface area contributed by atoms with Gasteiger partial charge in [-0.1, -0.05) is 15.9 Å². The van der Waals surface area contributed by atoms with Crippen LogP contribution in [0.4, 0.5) is 0 Å². The zero-order chi connectivity index (χ0) is 9.42. The van der Waals surface area contributed by atoms with E-state index in [-0.39, 0.29) is 9.84 Å². The molecule has 0 amide bonds. The van der Waals surface area contributed by atoms with Gasteiger partial charge in [-0.15, -0.1) is 0 Å². The summed E-state index contributed by atoms with van der Waals surface area (Å²) in [4.78, 5) is 0.121. The second-order valence-corrected chi connectivity index (χ2v) is 4.62. The van der Waals surface area contributed by atoms with Crippen LogP contribution in [0.3, 0.4) is 0 Å². The summed E-state index contributed by atoms with van der Waals surface area (Å²) < 4.78 is 5.48.